The standard InChI is InChI=1S/C22H29N3O2S.C2H6.H3N/c1-15-20(28-14-24-15)17-9-7-16(8-10-17)13-23-21(27)18-6-5-11-25(18)19(26)12-22(2,3)4;1-2;/h7-10,14,18H,5-6,11-13H2,1-4H3,(H,23,27);1-2H3;1H3. The van der Waals surface area contributed by atoms with Gasteiger partial charge >= 0.3 is 0 Å². The predicted octanol–water partition coefficient (Wildman–Crippen LogP) is 5.35. The number of carbonyl (C=O) groups excluding carboxylic acids is 2. The van der Waals surface area contributed by atoms with Crippen LogP contribution in [0.4, 0.5) is 0 Å². The molecule has 1 atom stereocenters. The zero-order chi connectivity index (χ0) is 22.3. The molecule has 0 spiro atoms. The summed E-state index contributed by atoms with van der Waals surface area (Å²) in [5.41, 5.74) is 5.01. The summed E-state index contributed by atoms with van der Waals surface area (Å²) in [6.07, 6.45) is 2.09. The van der Waals surface area contributed by atoms with Crippen molar-refractivity contribution in [2.75, 3.05) is 6.54 Å². The molecule has 1 saturated heterocycles. The second-order valence-corrected chi connectivity index (χ2v) is 9.52. The number of hydrogen-bond acceptors (Lipinski definition) is 5. The molecule has 1 aliphatic rings. The van der Waals surface area contributed by atoms with Gasteiger partial charge in [-0.1, -0.05) is 58.9 Å². The predicted molar refractivity (Wildman–Crippen MR) is 129 cm³/mol. The molecule has 0 saturated carbocycles. The van der Waals surface area contributed by atoms with Crippen molar-refractivity contribution >= 4 is 23.2 Å². The van der Waals surface area contributed by atoms with Crippen molar-refractivity contribution in [2.45, 2.75) is 73.4 Å². The highest BCUT2D eigenvalue weighted by Crippen LogP contribution is 2.27. The number of aromatic nitrogens is 1. The topological polar surface area (TPSA) is 97.3 Å². The van der Waals surface area contributed by atoms with Gasteiger partial charge in [-0.05, 0) is 36.3 Å². The van der Waals surface area contributed by atoms with Gasteiger partial charge in [0.1, 0.15) is 6.04 Å². The highest BCUT2D eigenvalue weighted by Gasteiger charge is 2.35. The SMILES string of the molecule is CC.Cc1ncsc1-c1ccc(CNC(=O)C2CCCN2C(=O)CC(C)(C)C)cc1.N. The second-order valence-electron chi connectivity index (χ2n) is 8.66. The van der Waals surface area contributed by atoms with E-state index in [0.717, 1.165) is 29.7 Å². The molecule has 1 aromatic heterocycles. The van der Waals surface area contributed by atoms with Crippen LogP contribution in [0.15, 0.2) is 29.8 Å². The maximum Gasteiger partial charge on any atom is 0.243 e. The molecule has 2 amide bonds. The summed E-state index contributed by atoms with van der Waals surface area (Å²) in [5, 5.41) is 3.01. The summed E-state index contributed by atoms with van der Waals surface area (Å²) in [4.78, 5) is 32.5. The number of hydrogen-bond donors (Lipinski definition) is 2. The quantitative estimate of drug-likeness (QED) is 0.647. The van der Waals surface area contributed by atoms with Crippen LogP contribution in [0.5, 0.6) is 0 Å². The van der Waals surface area contributed by atoms with Gasteiger partial charge in [-0.25, -0.2) is 4.98 Å². The van der Waals surface area contributed by atoms with Crippen LogP contribution in [-0.2, 0) is 16.1 Å². The third kappa shape index (κ3) is 7.43. The number of thiazole rings is 1. The van der Waals surface area contributed by atoms with Crippen LogP contribution in [0, 0.1) is 12.3 Å². The van der Waals surface area contributed by atoms with Crippen LogP contribution in [0.2, 0.25) is 0 Å². The van der Waals surface area contributed by atoms with E-state index in [1.165, 1.54) is 4.88 Å². The van der Waals surface area contributed by atoms with E-state index in [9.17, 15) is 9.59 Å². The Balaban J connectivity index is 0.00000156. The Morgan fingerprint density at radius 3 is 2.39 bits per heavy atom. The van der Waals surface area contributed by atoms with Gasteiger partial charge in [-0.3, -0.25) is 9.59 Å². The zero-order valence-corrected chi connectivity index (χ0v) is 20.6. The van der Waals surface area contributed by atoms with Gasteiger partial charge in [-0.15, -0.1) is 11.3 Å². The van der Waals surface area contributed by atoms with E-state index in [1.54, 1.807) is 16.2 Å². The summed E-state index contributed by atoms with van der Waals surface area (Å²) >= 11 is 1.63. The molecule has 3 rings (SSSR count). The summed E-state index contributed by atoms with van der Waals surface area (Å²) < 4.78 is 0. The van der Waals surface area contributed by atoms with Crippen molar-refractivity contribution in [3.8, 4) is 10.4 Å². The molecule has 2 aromatic rings. The first-order valence-corrected chi connectivity index (χ1v) is 11.7. The van der Waals surface area contributed by atoms with Crippen LogP contribution < -0.4 is 11.5 Å². The Morgan fingerprint density at radius 1 is 1.19 bits per heavy atom. The monoisotopic (exact) mass is 446 g/mol. The van der Waals surface area contributed by atoms with Crippen LogP contribution >= 0.6 is 11.3 Å². The van der Waals surface area contributed by atoms with E-state index < -0.39 is 0 Å². The molecule has 0 bridgehead atoms. The van der Waals surface area contributed by atoms with Gasteiger partial charge in [0.25, 0.3) is 0 Å². The number of nitrogens with zero attached hydrogens (tertiary/aromatic N) is 2. The third-order valence-electron chi connectivity index (χ3n) is 4.99. The van der Waals surface area contributed by atoms with E-state index in [1.807, 2.05) is 59.2 Å². The zero-order valence-electron chi connectivity index (χ0n) is 19.8. The Morgan fingerprint density at radius 2 is 1.84 bits per heavy atom. The molecule has 2 heterocycles. The smallest absolute Gasteiger partial charge is 0.243 e. The molecular weight excluding hydrogens is 408 g/mol. The van der Waals surface area contributed by atoms with E-state index in [-0.39, 0.29) is 29.4 Å². The van der Waals surface area contributed by atoms with Crippen molar-refractivity contribution in [3.05, 3.63) is 41.0 Å². The molecular formula is C24H38N4O2S. The highest BCUT2D eigenvalue weighted by molar-refractivity contribution is 7.13. The summed E-state index contributed by atoms with van der Waals surface area (Å²) in [7, 11) is 0. The van der Waals surface area contributed by atoms with Gasteiger partial charge in [0.2, 0.25) is 11.8 Å². The number of benzene rings is 1. The number of carbonyl (C=O) groups is 2. The molecule has 0 radical (unpaired) electrons. The first-order valence-electron chi connectivity index (χ1n) is 10.8. The Labute approximate surface area is 191 Å². The third-order valence-corrected chi connectivity index (χ3v) is 5.96. The van der Waals surface area contributed by atoms with Crippen LogP contribution in [0.3, 0.4) is 0 Å². The lowest BCUT2D eigenvalue weighted by atomic mass is 9.91. The van der Waals surface area contributed by atoms with Crippen LogP contribution in [-0.4, -0.2) is 34.3 Å². The van der Waals surface area contributed by atoms with E-state index >= 15 is 0 Å². The fraction of sp³-hybridized carbons (Fsp3) is 0.542. The van der Waals surface area contributed by atoms with Gasteiger partial charge in [0.15, 0.2) is 0 Å². The largest absolute Gasteiger partial charge is 0.350 e. The van der Waals surface area contributed by atoms with Crippen molar-refractivity contribution in [1.29, 1.82) is 0 Å². The van der Waals surface area contributed by atoms with E-state index in [0.29, 0.717) is 19.5 Å². The maximum absolute atomic E-state index is 12.7. The lowest BCUT2D eigenvalue weighted by Gasteiger charge is -2.27. The lowest BCUT2D eigenvalue weighted by molar-refractivity contribution is -0.139. The summed E-state index contributed by atoms with van der Waals surface area (Å²) in [6, 6.07) is 7.86. The Hall–Kier alpha value is -2.25. The number of amides is 2. The normalized spacial score (nSPS) is 15.5. The van der Waals surface area contributed by atoms with E-state index in [2.05, 4.69) is 22.4 Å². The molecule has 31 heavy (non-hydrogen) atoms. The average molecular weight is 447 g/mol. The highest BCUT2D eigenvalue weighted by atomic mass is 32.1. The second kappa shape index (κ2) is 12.0. The average Bonchev–Trinajstić information content (AvgIpc) is 3.36. The van der Waals surface area contributed by atoms with Crippen molar-refractivity contribution in [1.82, 2.24) is 21.4 Å². The molecule has 7 heteroatoms. The minimum Gasteiger partial charge on any atom is -0.350 e. The molecule has 172 valence electrons. The van der Waals surface area contributed by atoms with Gasteiger partial charge in [-0.2, -0.15) is 0 Å². The van der Waals surface area contributed by atoms with Crippen LogP contribution in [0.25, 0.3) is 10.4 Å². The molecule has 1 aromatic carbocycles. The summed E-state index contributed by atoms with van der Waals surface area (Å²) in [5.74, 6) is 0.0246. The minimum absolute atomic E-state index is 0. The fourth-order valence-electron chi connectivity index (χ4n) is 3.55. The van der Waals surface area contributed by atoms with E-state index in [4.69, 9.17) is 0 Å². The molecule has 4 N–H and O–H groups in total. The molecule has 6 nitrogen and oxygen atoms in total. The Kier molecular flexibility index (Phi) is 10.3. The minimum atomic E-state index is -0.339. The lowest BCUT2D eigenvalue weighted by Crippen LogP contribution is -2.46. The number of nitrogens with one attached hydrogen (secondary N) is 1. The number of likely N-dealkylation sites (tertiary alicyclic amines) is 1. The maximum atomic E-state index is 12.7. The number of rotatable bonds is 5. The van der Waals surface area contributed by atoms with Crippen molar-refractivity contribution < 1.29 is 9.59 Å². The Bertz CT molecular complexity index is 840. The summed E-state index contributed by atoms with van der Waals surface area (Å²) in [6.45, 7) is 13.3. The molecule has 0 aliphatic carbocycles. The van der Waals surface area contributed by atoms with Gasteiger partial charge in [0.05, 0.1) is 16.1 Å². The van der Waals surface area contributed by atoms with Gasteiger partial charge in [0, 0.05) is 19.5 Å². The van der Waals surface area contributed by atoms with Crippen molar-refractivity contribution in [2.24, 2.45) is 5.41 Å². The first kappa shape index (κ1) is 26.8. The van der Waals surface area contributed by atoms with Crippen LogP contribution in [0.1, 0.15) is 65.1 Å². The molecule has 1 fully saturated rings. The van der Waals surface area contributed by atoms with Gasteiger partial charge < -0.3 is 16.4 Å². The van der Waals surface area contributed by atoms with Crippen molar-refractivity contribution in [3.63, 3.8) is 0 Å². The number of aryl methyl sites for hydroxylation is 1. The first-order chi connectivity index (χ1) is 14.2. The fourth-order valence-corrected chi connectivity index (χ4v) is 4.36. The molecule has 1 aliphatic heterocycles. The molecule has 1 unspecified atom stereocenters.